The summed E-state index contributed by atoms with van der Waals surface area (Å²) < 4.78 is 12.3. The van der Waals surface area contributed by atoms with Gasteiger partial charge in [0.2, 0.25) is 0 Å². The molecule has 0 radical (unpaired) electrons. The minimum Gasteiger partial charge on any atom is -0.469 e. The molecule has 0 aliphatic carbocycles. The number of hydrogen-bond acceptors (Lipinski definition) is 8. The summed E-state index contributed by atoms with van der Waals surface area (Å²) in [5.74, 6) is -1.77. The van der Waals surface area contributed by atoms with Crippen molar-refractivity contribution in [2.24, 2.45) is 0 Å². The second kappa shape index (κ2) is 10.8. The van der Waals surface area contributed by atoms with Gasteiger partial charge in [-0.1, -0.05) is 36.4 Å². The van der Waals surface area contributed by atoms with Crippen LogP contribution in [0.15, 0.2) is 65.6 Å². The molecule has 10 heteroatoms. The molecule has 0 spiro atoms. The first kappa shape index (κ1) is 24.5. The number of ether oxygens (including phenoxy) is 2. The molecule has 10 nitrogen and oxygen atoms in total. The van der Waals surface area contributed by atoms with Crippen LogP contribution in [0.4, 0.5) is 0 Å². The van der Waals surface area contributed by atoms with Gasteiger partial charge in [-0.15, -0.1) is 0 Å². The van der Waals surface area contributed by atoms with E-state index < -0.39 is 29.8 Å². The zero-order valence-corrected chi connectivity index (χ0v) is 19.8. The summed E-state index contributed by atoms with van der Waals surface area (Å²) in [5.41, 5.74) is 1.94. The van der Waals surface area contributed by atoms with Gasteiger partial charge in [-0.25, -0.2) is 14.0 Å². The molecule has 184 valence electrons. The average Bonchev–Trinajstić information content (AvgIpc) is 3.28. The van der Waals surface area contributed by atoms with Crippen molar-refractivity contribution in [2.75, 3.05) is 13.7 Å². The van der Waals surface area contributed by atoms with Crippen molar-refractivity contribution in [3.05, 3.63) is 76.7 Å². The molecular formula is C26H24N4O6. The third kappa shape index (κ3) is 5.07. The van der Waals surface area contributed by atoms with E-state index in [1.165, 1.54) is 13.2 Å². The van der Waals surface area contributed by atoms with Crippen molar-refractivity contribution in [1.82, 2.24) is 19.4 Å². The lowest BCUT2D eigenvalue weighted by atomic mass is 10.0. The summed E-state index contributed by atoms with van der Waals surface area (Å²) in [6, 6.07) is 16.3. The molecule has 36 heavy (non-hydrogen) atoms. The molecule has 0 atom stereocenters. The van der Waals surface area contributed by atoms with Gasteiger partial charge in [-0.05, 0) is 25.1 Å². The fourth-order valence-corrected chi connectivity index (χ4v) is 3.77. The molecule has 4 aromatic rings. The molecule has 0 aliphatic rings. The van der Waals surface area contributed by atoms with E-state index in [-0.39, 0.29) is 30.7 Å². The van der Waals surface area contributed by atoms with Crippen LogP contribution in [0.1, 0.15) is 30.1 Å². The number of carbonyl (C=O) groups is 3. The third-order valence-electron chi connectivity index (χ3n) is 5.47. The van der Waals surface area contributed by atoms with E-state index in [9.17, 15) is 19.2 Å². The van der Waals surface area contributed by atoms with Crippen LogP contribution in [0, 0.1) is 0 Å². The molecule has 0 unspecified atom stereocenters. The second-order valence-corrected chi connectivity index (χ2v) is 7.86. The van der Waals surface area contributed by atoms with E-state index in [0.717, 1.165) is 10.2 Å². The van der Waals surface area contributed by atoms with E-state index in [1.54, 1.807) is 17.6 Å². The first-order valence-electron chi connectivity index (χ1n) is 11.3. The summed E-state index contributed by atoms with van der Waals surface area (Å²) in [7, 11) is 1.23. The Labute approximate surface area is 206 Å². The number of ketones is 1. The molecule has 0 saturated carbocycles. The Kier molecular flexibility index (Phi) is 7.33. The lowest BCUT2D eigenvalue weighted by Gasteiger charge is -2.11. The minimum atomic E-state index is -0.820. The van der Waals surface area contributed by atoms with Gasteiger partial charge in [0.15, 0.2) is 5.78 Å². The molecule has 3 heterocycles. The number of pyridine rings is 1. The molecule has 3 aromatic heterocycles. The van der Waals surface area contributed by atoms with Crippen LogP contribution in [0.2, 0.25) is 0 Å². The van der Waals surface area contributed by atoms with Crippen LogP contribution < -0.4 is 5.56 Å². The van der Waals surface area contributed by atoms with E-state index in [2.05, 4.69) is 9.84 Å². The number of nitrogens with zero attached hydrogens (tertiary/aromatic N) is 4. The number of benzene rings is 1. The average molecular weight is 489 g/mol. The van der Waals surface area contributed by atoms with E-state index in [4.69, 9.17) is 9.84 Å². The van der Waals surface area contributed by atoms with Crippen LogP contribution >= 0.6 is 0 Å². The number of carbonyl (C=O) groups excluding carboxylic acids is 3. The van der Waals surface area contributed by atoms with Gasteiger partial charge < -0.3 is 9.47 Å². The first-order chi connectivity index (χ1) is 17.4. The highest BCUT2D eigenvalue weighted by Gasteiger charge is 2.23. The smallest absolute Gasteiger partial charge is 0.343 e. The maximum atomic E-state index is 13.1. The van der Waals surface area contributed by atoms with Crippen molar-refractivity contribution in [1.29, 1.82) is 0 Å². The summed E-state index contributed by atoms with van der Waals surface area (Å²) in [6.45, 7) is 1.28. The Morgan fingerprint density at radius 3 is 2.44 bits per heavy atom. The Morgan fingerprint density at radius 1 is 0.972 bits per heavy atom. The zero-order chi connectivity index (χ0) is 25.7. The summed E-state index contributed by atoms with van der Waals surface area (Å²) >= 11 is 0. The quantitative estimate of drug-likeness (QED) is 0.330. The predicted octanol–water partition coefficient (Wildman–Crippen LogP) is 2.92. The molecule has 0 aliphatic heterocycles. The van der Waals surface area contributed by atoms with Crippen LogP contribution in [0.3, 0.4) is 0 Å². The molecule has 1 aromatic carbocycles. The van der Waals surface area contributed by atoms with Crippen molar-refractivity contribution >= 4 is 23.2 Å². The van der Waals surface area contributed by atoms with Crippen molar-refractivity contribution in [3.63, 3.8) is 0 Å². The monoisotopic (exact) mass is 488 g/mol. The Morgan fingerprint density at radius 2 is 1.72 bits per heavy atom. The van der Waals surface area contributed by atoms with E-state index >= 15 is 0 Å². The molecule has 0 amide bonds. The number of Topliss-reactive ketones (excluding diaryl/α,β-unsaturated/α-hetero) is 1. The normalized spacial score (nSPS) is 10.8. The molecule has 0 N–H and O–H groups in total. The minimum absolute atomic E-state index is 0.0694. The molecule has 0 saturated heterocycles. The second-order valence-electron chi connectivity index (χ2n) is 7.86. The number of esters is 2. The molecule has 0 fully saturated rings. The number of rotatable bonds is 9. The van der Waals surface area contributed by atoms with Crippen LogP contribution in [0.25, 0.3) is 28.0 Å². The Bertz CT molecular complexity index is 1490. The van der Waals surface area contributed by atoms with Gasteiger partial charge in [0.1, 0.15) is 17.8 Å². The maximum absolute atomic E-state index is 13.1. The first-order valence-corrected chi connectivity index (χ1v) is 11.3. The highest BCUT2D eigenvalue weighted by atomic mass is 16.5. The molecule has 0 bridgehead atoms. The number of fused-ring (bicyclic) bond motifs is 1. The summed E-state index contributed by atoms with van der Waals surface area (Å²) in [6.07, 6.45) is 1.52. The van der Waals surface area contributed by atoms with Crippen molar-refractivity contribution in [3.8, 4) is 22.5 Å². The van der Waals surface area contributed by atoms with E-state index in [0.29, 0.717) is 16.8 Å². The predicted molar refractivity (Wildman–Crippen MR) is 130 cm³/mol. The number of aromatic nitrogens is 4. The van der Waals surface area contributed by atoms with Gasteiger partial charge in [0, 0.05) is 18.2 Å². The lowest BCUT2D eigenvalue weighted by Crippen LogP contribution is -2.32. The van der Waals surface area contributed by atoms with Crippen molar-refractivity contribution < 1.29 is 23.9 Å². The standard InChI is InChI=1S/C26H24N4O6/c1-3-36-26(34)19-15-20(27-30(25(19)33)16-18(31)12-13-22(32)35-2)23-21-11-7-8-14-29(21)28-24(23)17-9-5-4-6-10-17/h4-11,14-15H,3,12-13,16H2,1-2H3. The van der Waals surface area contributed by atoms with Crippen LogP contribution in [-0.2, 0) is 25.6 Å². The van der Waals surface area contributed by atoms with Gasteiger partial charge in [0.25, 0.3) is 5.56 Å². The van der Waals surface area contributed by atoms with Gasteiger partial charge in [0.05, 0.1) is 36.9 Å². The highest BCUT2D eigenvalue weighted by Crippen LogP contribution is 2.34. The SMILES string of the molecule is CCOC(=O)c1cc(-c2c(-c3ccccc3)nn3ccccc23)nn(CC(=O)CCC(=O)OC)c1=O. The van der Waals surface area contributed by atoms with E-state index in [1.807, 2.05) is 48.5 Å². The Balaban J connectivity index is 1.88. The highest BCUT2D eigenvalue weighted by molar-refractivity contribution is 5.94. The number of hydrogen-bond donors (Lipinski definition) is 0. The summed E-state index contributed by atoms with van der Waals surface area (Å²) in [5, 5.41) is 9.14. The summed E-state index contributed by atoms with van der Waals surface area (Å²) in [4.78, 5) is 49.7. The van der Waals surface area contributed by atoms with Crippen LogP contribution in [0.5, 0.6) is 0 Å². The molecule has 4 rings (SSSR count). The maximum Gasteiger partial charge on any atom is 0.343 e. The topological polar surface area (TPSA) is 122 Å². The van der Waals surface area contributed by atoms with Crippen LogP contribution in [-0.4, -0.2) is 50.8 Å². The lowest BCUT2D eigenvalue weighted by molar-refractivity contribution is -0.142. The fourth-order valence-electron chi connectivity index (χ4n) is 3.77. The van der Waals surface area contributed by atoms with Gasteiger partial charge >= 0.3 is 11.9 Å². The van der Waals surface area contributed by atoms with Gasteiger partial charge in [-0.3, -0.25) is 14.4 Å². The third-order valence-corrected chi connectivity index (χ3v) is 5.47. The largest absolute Gasteiger partial charge is 0.469 e. The fraction of sp³-hybridized carbons (Fsp3) is 0.231. The Hall–Kier alpha value is -4.60. The van der Waals surface area contributed by atoms with Gasteiger partial charge in [-0.2, -0.15) is 10.2 Å². The molecular weight excluding hydrogens is 464 g/mol. The number of methoxy groups -OCH3 is 1. The zero-order valence-electron chi connectivity index (χ0n) is 19.8. The van der Waals surface area contributed by atoms with Crippen molar-refractivity contribution in [2.45, 2.75) is 26.3 Å².